The number of hydrogen-bond donors (Lipinski definition) is 3. The molecule has 0 rings (SSSR count). The van der Waals surface area contributed by atoms with Crippen molar-refractivity contribution in [2.45, 2.75) is 52.2 Å². The van der Waals surface area contributed by atoms with E-state index in [4.69, 9.17) is 5.11 Å². The predicted octanol–water partition coefficient (Wildman–Crippen LogP) is 1.78. The summed E-state index contributed by atoms with van der Waals surface area (Å²) >= 11 is 0. The van der Waals surface area contributed by atoms with Crippen LogP contribution < -0.4 is 5.32 Å². The van der Waals surface area contributed by atoms with Crippen LogP contribution in [0.2, 0.25) is 0 Å². The summed E-state index contributed by atoms with van der Waals surface area (Å²) < 4.78 is 0. The zero-order valence-corrected chi connectivity index (χ0v) is 12.2. The van der Waals surface area contributed by atoms with Gasteiger partial charge in [-0.3, -0.25) is 4.79 Å². The lowest BCUT2D eigenvalue weighted by Crippen LogP contribution is -2.25. The van der Waals surface area contributed by atoms with Crippen LogP contribution in [0.25, 0.3) is 0 Å². The lowest BCUT2D eigenvalue weighted by molar-refractivity contribution is -0.116. The normalized spacial score (nSPS) is 15.3. The highest BCUT2D eigenvalue weighted by atomic mass is 16.3. The Hall–Kier alpha value is -1.13. The van der Waals surface area contributed by atoms with Crippen molar-refractivity contribution < 1.29 is 15.0 Å². The molecule has 2 atom stereocenters. The van der Waals surface area contributed by atoms with E-state index in [1.54, 1.807) is 19.1 Å². The average Bonchev–Trinajstić information content (AvgIpc) is 2.34. The Morgan fingerprint density at radius 2 is 1.79 bits per heavy atom. The minimum atomic E-state index is -0.794. The summed E-state index contributed by atoms with van der Waals surface area (Å²) in [5.74, 6) is 0.414. The van der Waals surface area contributed by atoms with Gasteiger partial charge < -0.3 is 15.5 Å². The Kier molecular flexibility index (Phi) is 10.1. The number of nitrogens with one attached hydrogen (secondary N) is 1. The molecule has 0 aliphatic rings. The number of hydrogen-bond acceptors (Lipinski definition) is 3. The number of rotatable bonds is 9. The first kappa shape index (κ1) is 17.9. The van der Waals surface area contributed by atoms with Crippen molar-refractivity contribution in [3.05, 3.63) is 24.3 Å². The molecule has 0 heterocycles. The fourth-order valence-electron chi connectivity index (χ4n) is 1.30. The Bertz CT molecular complexity index is 296. The summed E-state index contributed by atoms with van der Waals surface area (Å²) in [5, 5.41) is 21.2. The van der Waals surface area contributed by atoms with Gasteiger partial charge in [0.15, 0.2) is 0 Å². The summed E-state index contributed by atoms with van der Waals surface area (Å²) in [7, 11) is 0. The van der Waals surface area contributed by atoms with Crippen LogP contribution in [0.3, 0.4) is 0 Å². The molecule has 0 fully saturated rings. The SMILES string of the molecule is CC(C)CNC(=O)/C=C/CCC/C=C/C(O)C(C)O. The second kappa shape index (κ2) is 10.8. The maximum absolute atomic E-state index is 11.3. The van der Waals surface area contributed by atoms with Crippen molar-refractivity contribution in [2.24, 2.45) is 5.92 Å². The molecule has 3 N–H and O–H groups in total. The smallest absolute Gasteiger partial charge is 0.243 e. The van der Waals surface area contributed by atoms with Crippen LogP contribution in [0.15, 0.2) is 24.3 Å². The molecule has 0 aliphatic carbocycles. The highest BCUT2D eigenvalue weighted by molar-refractivity contribution is 5.87. The molecular weight excluding hydrogens is 242 g/mol. The summed E-state index contributed by atoms with van der Waals surface area (Å²) in [6.07, 6.45) is 7.90. The van der Waals surface area contributed by atoms with E-state index < -0.39 is 12.2 Å². The predicted molar refractivity (Wildman–Crippen MR) is 77.7 cm³/mol. The highest BCUT2D eigenvalue weighted by Gasteiger charge is 2.04. The van der Waals surface area contributed by atoms with E-state index in [2.05, 4.69) is 19.2 Å². The first-order valence-electron chi connectivity index (χ1n) is 6.90. The molecule has 0 aromatic heterocycles. The fourth-order valence-corrected chi connectivity index (χ4v) is 1.30. The standard InChI is InChI=1S/C15H27NO3/c1-12(2)11-16-15(19)10-8-6-4-5-7-9-14(18)13(3)17/h7-10,12-14,17-18H,4-6,11H2,1-3H3,(H,16,19)/b9-7+,10-8+. The van der Waals surface area contributed by atoms with Gasteiger partial charge in [-0.25, -0.2) is 0 Å². The first-order chi connectivity index (χ1) is 8.93. The van der Waals surface area contributed by atoms with Crippen LogP contribution in [-0.2, 0) is 4.79 Å². The zero-order valence-electron chi connectivity index (χ0n) is 12.2. The van der Waals surface area contributed by atoms with Gasteiger partial charge in [-0.05, 0) is 38.2 Å². The summed E-state index contributed by atoms with van der Waals surface area (Å²) in [6.45, 7) is 6.35. The van der Waals surface area contributed by atoms with Gasteiger partial charge in [-0.15, -0.1) is 0 Å². The molecule has 19 heavy (non-hydrogen) atoms. The van der Waals surface area contributed by atoms with Gasteiger partial charge in [-0.1, -0.05) is 32.1 Å². The lowest BCUT2D eigenvalue weighted by atomic mass is 10.1. The van der Waals surface area contributed by atoms with Crippen LogP contribution in [0, 0.1) is 5.92 Å². The highest BCUT2D eigenvalue weighted by Crippen LogP contribution is 2.01. The van der Waals surface area contributed by atoms with E-state index in [-0.39, 0.29) is 5.91 Å². The van der Waals surface area contributed by atoms with Crippen LogP contribution in [0.5, 0.6) is 0 Å². The molecule has 0 bridgehead atoms. The van der Waals surface area contributed by atoms with Crippen molar-refractivity contribution >= 4 is 5.91 Å². The molecule has 0 spiro atoms. The van der Waals surface area contributed by atoms with Crippen molar-refractivity contribution in [3.63, 3.8) is 0 Å². The number of carbonyl (C=O) groups excluding carboxylic acids is 1. The Labute approximate surface area is 116 Å². The van der Waals surface area contributed by atoms with Gasteiger partial charge in [0.2, 0.25) is 5.91 Å². The molecule has 0 saturated heterocycles. The summed E-state index contributed by atoms with van der Waals surface area (Å²) in [5.41, 5.74) is 0. The average molecular weight is 269 g/mol. The Balaban J connectivity index is 3.61. The molecule has 1 amide bonds. The number of carbonyl (C=O) groups is 1. The van der Waals surface area contributed by atoms with Gasteiger partial charge >= 0.3 is 0 Å². The number of aliphatic hydroxyl groups excluding tert-OH is 2. The first-order valence-corrected chi connectivity index (χ1v) is 6.90. The van der Waals surface area contributed by atoms with Crippen LogP contribution in [0.4, 0.5) is 0 Å². The molecule has 0 saturated carbocycles. The zero-order chi connectivity index (χ0) is 14.7. The largest absolute Gasteiger partial charge is 0.390 e. The van der Waals surface area contributed by atoms with Gasteiger partial charge in [0.05, 0.1) is 12.2 Å². The third-order valence-electron chi connectivity index (χ3n) is 2.52. The molecule has 110 valence electrons. The molecule has 0 radical (unpaired) electrons. The molecular formula is C15H27NO3. The Morgan fingerprint density at radius 1 is 1.16 bits per heavy atom. The van der Waals surface area contributed by atoms with Gasteiger partial charge in [-0.2, -0.15) is 0 Å². The summed E-state index contributed by atoms with van der Waals surface area (Å²) in [4.78, 5) is 11.3. The third kappa shape index (κ3) is 11.7. The third-order valence-corrected chi connectivity index (χ3v) is 2.52. The van der Waals surface area contributed by atoms with Gasteiger partial charge in [0, 0.05) is 6.54 Å². The van der Waals surface area contributed by atoms with E-state index >= 15 is 0 Å². The maximum Gasteiger partial charge on any atom is 0.243 e. The molecule has 4 heteroatoms. The van der Waals surface area contributed by atoms with E-state index in [1.165, 1.54) is 0 Å². The van der Waals surface area contributed by atoms with Crippen molar-refractivity contribution in [2.75, 3.05) is 6.54 Å². The minimum Gasteiger partial charge on any atom is -0.390 e. The van der Waals surface area contributed by atoms with Crippen LogP contribution in [0.1, 0.15) is 40.0 Å². The molecule has 2 unspecified atom stereocenters. The number of unbranched alkanes of at least 4 members (excludes halogenated alkanes) is 2. The quantitative estimate of drug-likeness (QED) is 0.339. The molecule has 0 aromatic rings. The lowest BCUT2D eigenvalue weighted by Gasteiger charge is -2.07. The fraction of sp³-hybridized carbons (Fsp3) is 0.667. The number of allylic oxidation sites excluding steroid dienone is 2. The van der Waals surface area contributed by atoms with Crippen molar-refractivity contribution in [1.29, 1.82) is 0 Å². The second-order valence-corrected chi connectivity index (χ2v) is 5.13. The van der Waals surface area contributed by atoms with Crippen molar-refractivity contribution in [1.82, 2.24) is 5.32 Å². The minimum absolute atomic E-state index is 0.0474. The van der Waals surface area contributed by atoms with E-state index in [1.807, 2.05) is 12.2 Å². The molecule has 4 nitrogen and oxygen atoms in total. The number of aliphatic hydroxyl groups is 2. The van der Waals surface area contributed by atoms with Crippen LogP contribution >= 0.6 is 0 Å². The molecule has 0 aromatic carbocycles. The van der Waals surface area contributed by atoms with Gasteiger partial charge in [0.1, 0.15) is 0 Å². The topological polar surface area (TPSA) is 69.6 Å². The van der Waals surface area contributed by atoms with E-state index in [9.17, 15) is 9.90 Å². The molecule has 0 aliphatic heterocycles. The Morgan fingerprint density at radius 3 is 2.37 bits per heavy atom. The maximum atomic E-state index is 11.3. The number of amides is 1. The van der Waals surface area contributed by atoms with Crippen LogP contribution in [-0.4, -0.2) is 34.9 Å². The summed E-state index contributed by atoms with van der Waals surface area (Å²) in [6, 6.07) is 0. The monoisotopic (exact) mass is 269 g/mol. The van der Waals surface area contributed by atoms with Gasteiger partial charge in [0.25, 0.3) is 0 Å². The second-order valence-electron chi connectivity index (χ2n) is 5.13. The van der Waals surface area contributed by atoms with E-state index in [0.29, 0.717) is 12.5 Å². The van der Waals surface area contributed by atoms with Crippen molar-refractivity contribution in [3.8, 4) is 0 Å². The van der Waals surface area contributed by atoms with E-state index in [0.717, 1.165) is 19.3 Å².